The number of carbonyl (C=O) groups is 1. The summed E-state index contributed by atoms with van der Waals surface area (Å²) in [7, 11) is 0. The summed E-state index contributed by atoms with van der Waals surface area (Å²) in [6.07, 6.45) is 0. The average Bonchev–Trinajstić information content (AvgIpc) is 3.16. The molecule has 2 atom stereocenters. The van der Waals surface area contributed by atoms with Crippen LogP contribution in [0.25, 0.3) is 0 Å². The van der Waals surface area contributed by atoms with Crippen LogP contribution < -0.4 is 5.32 Å². The zero-order valence-electron chi connectivity index (χ0n) is 17.0. The summed E-state index contributed by atoms with van der Waals surface area (Å²) in [6.45, 7) is 8.14. The van der Waals surface area contributed by atoms with E-state index in [1.54, 1.807) is 4.68 Å². The highest BCUT2D eigenvalue weighted by atomic mass is 16.2. The number of benzene rings is 2. The fraction of sp³-hybridized carbons (Fsp3) is 0.318. The van der Waals surface area contributed by atoms with Crippen LogP contribution in [0.1, 0.15) is 49.4 Å². The Labute approximate surface area is 169 Å². The fourth-order valence-corrected chi connectivity index (χ4v) is 3.71. The highest BCUT2D eigenvalue weighted by Gasteiger charge is 2.39. The van der Waals surface area contributed by atoms with Gasteiger partial charge in [0.25, 0.3) is 5.95 Å². The topological polar surface area (TPSA) is 85.1 Å². The van der Waals surface area contributed by atoms with Gasteiger partial charge >= 0.3 is 0 Å². The number of hydrogen-bond acceptors (Lipinski definition) is 5. The second-order valence-corrected chi connectivity index (χ2v) is 7.72. The molecule has 1 aliphatic heterocycles. The summed E-state index contributed by atoms with van der Waals surface area (Å²) >= 11 is 0. The molecule has 1 N–H and O–H groups in total. The van der Waals surface area contributed by atoms with E-state index in [0.717, 1.165) is 16.8 Å². The molecule has 0 fully saturated rings. The van der Waals surface area contributed by atoms with E-state index in [4.69, 9.17) is 0 Å². The number of nitrogens with one attached hydrogen (secondary N) is 1. The monoisotopic (exact) mass is 388 g/mol. The Kier molecular flexibility index (Phi) is 4.96. The first-order valence-corrected chi connectivity index (χ1v) is 9.75. The molecular weight excluding hydrogens is 364 g/mol. The van der Waals surface area contributed by atoms with Crippen molar-refractivity contribution in [1.82, 2.24) is 20.2 Å². The van der Waals surface area contributed by atoms with Crippen LogP contribution in [0.5, 0.6) is 0 Å². The van der Waals surface area contributed by atoms with E-state index in [0.29, 0.717) is 17.6 Å². The van der Waals surface area contributed by atoms with E-state index in [1.807, 2.05) is 38.1 Å². The second kappa shape index (κ2) is 7.58. The molecule has 0 aliphatic carbocycles. The number of fused-ring (bicyclic) bond motifs is 1. The number of para-hydroxylation sites is 1. The number of amides is 1. The van der Waals surface area contributed by atoms with Gasteiger partial charge < -0.3 is 5.32 Å². The van der Waals surface area contributed by atoms with Crippen molar-refractivity contribution in [3.05, 3.63) is 65.2 Å². The highest BCUT2D eigenvalue weighted by molar-refractivity contribution is 6.10. The molecule has 0 saturated heterocycles. The zero-order chi connectivity index (χ0) is 20.5. The molecule has 2 heterocycles. The smallest absolute Gasteiger partial charge is 0.269 e. The molecule has 0 bridgehead atoms. The summed E-state index contributed by atoms with van der Waals surface area (Å²) in [5, 5.41) is 15.0. The zero-order valence-corrected chi connectivity index (χ0v) is 17.0. The van der Waals surface area contributed by atoms with Gasteiger partial charge in [-0.25, -0.2) is 9.67 Å². The van der Waals surface area contributed by atoms with E-state index in [1.165, 1.54) is 5.56 Å². The summed E-state index contributed by atoms with van der Waals surface area (Å²) in [5.41, 5.74) is 4.71. The van der Waals surface area contributed by atoms with Crippen LogP contribution in [0, 0.1) is 12.8 Å². The van der Waals surface area contributed by atoms with Gasteiger partial charge in [-0.3, -0.25) is 4.79 Å². The molecule has 0 radical (unpaired) electrons. The van der Waals surface area contributed by atoms with Crippen molar-refractivity contribution in [2.24, 2.45) is 10.9 Å². The summed E-state index contributed by atoms with van der Waals surface area (Å²) in [5.74, 6) is 0.206. The molecule has 1 aromatic heterocycles. The lowest BCUT2D eigenvalue weighted by Gasteiger charge is -2.30. The third-order valence-electron chi connectivity index (χ3n) is 5.41. The highest BCUT2D eigenvalue weighted by Crippen LogP contribution is 2.36. The largest absolute Gasteiger partial charge is 0.325 e. The van der Waals surface area contributed by atoms with Crippen LogP contribution in [0.2, 0.25) is 0 Å². The number of aromatic nitrogens is 4. The molecule has 0 saturated carbocycles. The van der Waals surface area contributed by atoms with Crippen LogP contribution in [-0.2, 0) is 4.79 Å². The summed E-state index contributed by atoms with van der Waals surface area (Å²) < 4.78 is 1.64. The summed E-state index contributed by atoms with van der Waals surface area (Å²) in [6, 6.07) is 15.7. The van der Waals surface area contributed by atoms with Gasteiger partial charge in [0, 0.05) is 11.4 Å². The van der Waals surface area contributed by atoms with Crippen molar-refractivity contribution in [2.75, 3.05) is 5.32 Å². The van der Waals surface area contributed by atoms with Crippen molar-refractivity contribution >= 4 is 23.3 Å². The number of rotatable bonds is 4. The average molecular weight is 388 g/mol. The SMILES string of the molecule is CC1=Nc2nnnn2C(c2ccc(C(C)C)cc2)C1C(=O)Nc1ccccc1C. The Bertz CT molecular complexity index is 1070. The first kappa shape index (κ1) is 19.0. The Morgan fingerprint density at radius 1 is 1.07 bits per heavy atom. The van der Waals surface area contributed by atoms with Crippen molar-refractivity contribution < 1.29 is 4.79 Å². The van der Waals surface area contributed by atoms with Gasteiger partial charge in [0.1, 0.15) is 5.92 Å². The molecule has 4 rings (SSSR count). The minimum absolute atomic E-state index is 0.125. The maximum absolute atomic E-state index is 13.3. The number of aliphatic imine (C=N–C) groups is 1. The number of nitrogens with zero attached hydrogens (tertiary/aromatic N) is 5. The summed E-state index contributed by atoms with van der Waals surface area (Å²) in [4.78, 5) is 17.8. The molecule has 148 valence electrons. The van der Waals surface area contributed by atoms with Gasteiger partial charge in [0.2, 0.25) is 5.91 Å². The lowest BCUT2D eigenvalue weighted by atomic mass is 9.86. The van der Waals surface area contributed by atoms with Crippen LogP contribution >= 0.6 is 0 Å². The van der Waals surface area contributed by atoms with E-state index in [-0.39, 0.29) is 11.9 Å². The van der Waals surface area contributed by atoms with E-state index >= 15 is 0 Å². The van der Waals surface area contributed by atoms with E-state index < -0.39 is 5.92 Å². The minimum atomic E-state index is -0.518. The predicted molar refractivity (Wildman–Crippen MR) is 113 cm³/mol. The van der Waals surface area contributed by atoms with Crippen molar-refractivity contribution in [1.29, 1.82) is 0 Å². The molecule has 3 aromatic rings. The lowest BCUT2D eigenvalue weighted by Crippen LogP contribution is -2.39. The van der Waals surface area contributed by atoms with E-state index in [9.17, 15) is 4.79 Å². The van der Waals surface area contributed by atoms with Crippen molar-refractivity contribution in [3.63, 3.8) is 0 Å². The van der Waals surface area contributed by atoms with Crippen molar-refractivity contribution in [2.45, 2.75) is 39.7 Å². The quantitative estimate of drug-likeness (QED) is 0.730. The molecule has 7 nitrogen and oxygen atoms in total. The molecular formula is C22H24N6O. The Morgan fingerprint density at radius 2 is 1.79 bits per heavy atom. The third kappa shape index (κ3) is 3.55. The van der Waals surface area contributed by atoms with Gasteiger partial charge in [0.15, 0.2) is 0 Å². The fourth-order valence-electron chi connectivity index (χ4n) is 3.71. The third-order valence-corrected chi connectivity index (χ3v) is 5.41. The number of hydrogen-bond donors (Lipinski definition) is 1. The normalized spacial score (nSPS) is 18.3. The molecule has 0 spiro atoms. The Hall–Kier alpha value is -3.35. The Morgan fingerprint density at radius 3 is 2.48 bits per heavy atom. The molecule has 29 heavy (non-hydrogen) atoms. The predicted octanol–water partition coefficient (Wildman–Crippen LogP) is 4.06. The minimum Gasteiger partial charge on any atom is -0.325 e. The van der Waals surface area contributed by atoms with E-state index in [2.05, 4.69) is 63.9 Å². The molecule has 2 aromatic carbocycles. The van der Waals surface area contributed by atoms with Gasteiger partial charge in [-0.05, 0) is 52.9 Å². The Balaban J connectivity index is 1.74. The number of carbonyl (C=O) groups excluding carboxylic acids is 1. The molecule has 7 heteroatoms. The van der Waals surface area contributed by atoms with Crippen LogP contribution in [0.15, 0.2) is 53.5 Å². The number of aryl methyl sites for hydroxylation is 1. The van der Waals surface area contributed by atoms with Crippen molar-refractivity contribution in [3.8, 4) is 0 Å². The van der Waals surface area contributed by atoms with Crippen LogP contribution in [0.4, 0.5) is 11.6 Å². The van der Waals surface area contributed by atoms with Gasteiger partial charge in [-0.2, -0.15) is 0 Å². The lowest BCUT2D eigenvalue weighted by molar-refractivity contribution is -0.118. The molecule has 1 aliphatic rings. The number of tetrazole rings is 1. The first-order chi connectivity index (χ1) is 14.0. The standard InChI is InChI=1S/C22H24N6O/c1-13(2)16-9-11-17(12-10-16)20-19(15(4)23-22-25-26-27-28(20)22)21(29)24-18-8-6-5-7-14(18)3/h5-13,19-20H,1-4H3,(H,24,29). The maximum Gasteiger partial charge on any atom is 0.269 e. The van der Waals surface area contributed by atoms with Crippen LogP contribution in [-0.4, -0.2) is 31.8 Å². The second-order valence-electron chi connectivity index (χ2n) is 7.72. The van der Waals surface area contributed by atoms with Gasteiger partial charge in [-0.15, -0.1) is 0 Å². The first-order valence-electron chi connectivity index (χ1n) is 9.75. The van der Waals surface area contributed by atoms with Gasteiger partial charge in [-0.1, -0.05) is 61.4 Å². The maximum atomic E-state index is 13.3. The van der Waals surface area contributed by atoms with Crippen LogP contribution in [0.3, 0.4) is 0 Å². The van der Waals surface area contributed by atoms with Gasteiger partial charge in [0.05, 0.1) is 6.04 Å². The number of anilines is 1. The molecule has 2 unspecified atom stereocenters. The molecule has 1 amide bonds.